The summed E-state index contributed by atoms with van der Waals surface area (Å²) in [5.74, 6) is -0.537. The quantitative estimate of drug-likeness (QED) is 0.737. The van der Waals surface area contributed by atoms with Gasteiger partial charge in [-0.3, -0.25) is 9.36 Å². The van der Waals surface area contributed by atoms with Gasteiger partial charge >= 0.3 is 0 Å². The Labute approximate surface area is 149 Å². The third kappa shape index (κ3) is 3.94. The van der Waals surface area contributed by atoms with E-state index in [-0.39, 0.29) is 17.8 Å². The maximum absolute atomic E-state index is 13.1. The first-order valence-electron chi connectivity index (χ1n) is 7.82. The number of aromatic nitrogens is 2. The molecule has 25 heavy (non-hydrogen) atoms. The van der Waals surface area contributed by atoms with Crippen molar-refractivity contribution in [2.24, 2.45) is 0 Å². The summed E-state index contributed by atoms with van der Waals surface area (Å²) >= 11 is 1.66. The highest BCUT2D eigenvalue weighted by molar-refractivity contribution is 7.10. The number of thiophene rings is 1. The van der Waals surface area contributed by atoms with Crippen LogP contribution in [0.3, 0.4) is 0 Å². The zero-order chi connectivity index (χ0) is 17.8. The Balaban J connectivity index is 1.74. The van der Waals surface area contributed by atoms with Crippen molar-refractivity contribution in [3.8, 4) is 5.69 Å². The van der Waals surface area contributed by atoms with Crippen LogP contribution in [0.4, 0.5) is 4.39 Å². The number of benzene rings is 1. The standard InChI is InChI=1S/C18H19FN4OS/c1-22(2)15(17-4-3-9-25-17)11-21-18(24)16-10-20-12-23(16)14-7-5-13(19)6-8-14/h3-10,12,15H,11H2,1-2H3,(H,21,24). The number of hydrogen-bond acceptors (Lipinski definition) is 4. The summed E-state index contributed by atoms with van der Waals surface area (Å²) in [4.78, 5) is 19.9. The van der Waals surface area contributed by atoms with Crippen LogP contribution in [0.25, 0.3) is 5.69 Å². The molecule has 0 saturated carbocycles. The first-order valence-corrected chi connectivity index (χ1v) is 8.70. The molecule has 0 aliphatic rings. The summed E-state index contributed by atoms with van der Waals surface area (Å²) < 4.78 is 14.7. The van der Waals surface area contributed by atoms with Crippen molar-refractivity contribution >= 4 is 17.2 Å². The minimum atomic E-state index is -0.320. The molecule has 0 spiro atoms. The fraction of sp³-hybridized carbons (Fsp3) is 0.222. The Morgan fingerprint density at radius 1 is 1.32 bits per heavy atom. The van der Waals surface area contributed by atoms with E-state index in [0.29, 0.717) is 17.9 Å². The third-order valence-electron chi connectivity index (χ3n) is 3.93. The van der Waals surface area contributed by atoms with Gasteiger partial charge in [-0.15, -0.1) is 11.3 Å². The molecule has 3 aromatic rings. The van der Waals surface area contributed by atoms with E-state index in [1.54, 1.807) is 34.4 Å². The number of halogens is 1. The van der Waals surface area contributed by atoms with E-state index < -0.39 is 0 Å². The van der Waals surface area contributed by atoms with E-state index in [4.69, 9.17) is 0 Å². The van der Waals surface area contributed by atoms with Crippen molar-refractivity contribution < 1.29 is 9.18 Å². The number of imidazole rings is 1. The summed E-state index contributed by atoms with van der Waals surface area (Å²) in [7, 11) is 3.97. The predicted octanol–water partition coefficient (Wildman–Crippen LogP) is 3.11. The third-order valence-corrected chi connectivity index (χ3v) is 4.90. The van der Waals surface area contributed by atoms with Crippen molar-refractivity contribution in [2.45, 2.75) is 6.04 Å². The first kappa shape index (κ1) is 17.3. The molecule has 0 bridgehead atoms. The number of nitrogens with zero attached hydrogens (tertiary/aromatic N) is 3. The number of likely N-dealkylation sites (N-methyl/N-ethyl adjacent to an activating group) is 1. The van der Waals surface area contributed by atoms with Gasteiger partial charge < -0.3 is 10.2 Å². The number of nitrogens with one attached hydrogen (secondary N) is 1. The smallest absolute Gasteiger partial charge is 0.269 e. The lowest BCUT2D eigenvalue weighted by molar-refractivity contribution is 0.0935. The van der Waals surface area contributed by atoms with Crippen LogP contribution in [-0.4, -0.2) is 41.0 Å². The molecule has 2 heterocycles. The Morgan fingerprint density at radius 2 is 2.08 bits per heavy atom. The molecule has 3 rings (SSSR count). The van der Waals surface area contributed by atoms with Crippen LogP contribution in [0.5, 0.6) is 0 Å². The molecule has 1 aromatic carbocycles. The topological polar surface area (TPSA) is 50.2 Å². The lowest BCUT2D eigenvalue weighted by atomic mass is 10.2. The monoisotopic (exact) mass is 358 g/mol. The Morgan fingerprint density at radius 3 is 2.72 bits per heavy atom. The minimum Gasteiger partial charge on any atom is -0.349 e. The van der Waals surface area contributed by atoms with Crippen LogP contribution in [0.1, 0.15) is 21.4 Å². The van der Waals surface area contributed by atoms with Crippen molar-refractivity contribution in [3.05, 3.63) is 70.7 Å². The lowest BCUT2D eigenvalue weighted by Crippen LogP contribution is -2.34. The van der Waals surface area contributed by atoms with Gasteiger partial charge in [0.05, 0.1) is 18.6 Å². The molecular weight excluding hydrogens is 339 g/mol. The summed E-state index contributed by atoms with van der Waals surface area (Å²) in [5.41, 5.74) is 1.10. The van der Waals surface area contributed by atoms with Crippen LogP contribution in [0, 0.1) is 5.82 Å². The largest absolute Gasteiger partial charge is 0.349 e. The zero-order valence-electron chi connectivity index (χ0n) is 14.0. The highest BCUT2D eigenvalue weighted by Gasteiger charge is 2.18. The normalized spacial score (nSPS) is 12.3. The van der Waals surface area contributed by atoms with Gasteiger partial charge in [0, 0.05) is 17.1 Å². The molecule has 5 nitrogen and oxygen atoms in total. The number of amides is 1. The Hall–Kier alpha value is -2.51. The molecule has 130 valence electrons. The molecule has 0 saturated heterocycles. The van der Waals surface area contributed by atoms with Gasteiger partial charge in [0.2, 0.25) is 0 Å². The van der Waals surface area contributed by atoms with Crippen LogP contribution >= 0.6 is 11.3 Å². The maximum Gasteiger partial charge on any atom is 0.269 e. The molecule has 1 atom stereocenters. The van der Waals surface area contributed by atoms with Gasteiger partial charge in [-0.05, 0) is 49.8 Å². The van der Waals surface area contributed by atoms with Crippen LogP contribution in [0.15, 0.2) is 54.3 Å². The second-order valence-electron chi connectivity index (χ2n) is 5.83. The number of carbonyl (C=O) groups excluding carboxylic acids is 1. The van der Waals surface area contributed by atoms with Gasteiger partial charge in [-0.1, -0.05) is 6.07 Å². The average molecular weight is 358 g/mol. The molecule has 1 unspecified atom stereocenters. The molecule has 1 amide bonds. The number of hydrogen-bond donors (Lipinski definition) is 1. The summed E-state index contributed by atoms with van der Waals surface area (Å²) in [6.07, 6.45) is 3.05. The van der Waals surface area contributed by atoms with Crippen molar-refractivity contribution in [3.63, 3.8) is 0 Å². The average Bonchev–Trinajstić information content (AvgIpc) is 3.27. The summed E-state index contributed by atoms with van der Waals surface area (Å²) in [5, 5.41) is 4.99. The molecule has 2 aromatic heterocycles. The van der Waals surface area contributed by atoms with Gasteiger partial charge in [0.25, 0.3) is 5.91 Å². The first-order chi connectivity index (χ1) is 12.1. The van der Waals surface area contributed by atoms with Crippen LogP contribution in [-0.2, 0) is 0 Å². The highest BCUT2D eigenvalue weighted by atomic mass is 32.1. The van der Waals surface area contributed by atoms with E-state index in [1.165, 1.54) is 23.2 Å². The second-order valence-corrected chi connectivity index (χ2v) is 6.81. The van der Waals surface area contributed by atoms with Crippen LogP contribution < -0.4 is 5.32 Å². The summed E-state index contributed by atoms with van der Waals surface area (Å²) in [6.45, 7) is 0.487. The SMILES string of the molecule is CN(C)C(CNC(=O)c1cncn1-c1ccc(F)cc1)c1cccs1. The number of rotatable bonds is 6. The van der Waals surface area contributed by atoms with E-state index in [1.807, 2.05) is 25.5 Å². The minimum absolute atomic E-state index is 0.103. The second kappa shape index (κ2) is 7.58. The molecule has 1 N–H and O–H groups in total. The maximum atomic E-state index is 13.1. The van der Waals surface area contributed by atoms with E-state index in [9.17, 15) is 9.18 Å². The highest BCUT2D eigenvalue weighted by Crippen LogP contribution is 2.22. The van der Waals surface area contributed by atoms with E-state index in [0.717, 1.165) is 0 Å². The predicted molar refractivity (Wildman–Crippen MR) is 96.6 cm³/mol. The molecule has 0 fully saturated rings. The number of carbonyl (C=O) groups is 1. The fourth-order valence-corrected chi connectivity index (χ4v) is 3.49. The summed E-state index contributed by atoms with van der Waals surface area (Å²) in [6, 6.07) is 10.1. The van der Waals surface area contributed by atoms with E-state index >= 15 is 0 Å². The van der Waals surface area contributed by atoms with E-state index in [2.05, 4.69) is 21.3 Å². The van der Waals surface area contributed by atoms with Crippen molar-refractivity contribution in [2.75, 3.05) is 20.6 Å². The van der Waals surface area contributed by atoms with Crippen molar-refractivity contribution in [1.29, 1.82) is 0 Å². The van der Waals surface area contributed by atoms with Gasteiger partial charge in [0.1, 0.15) is 11.5 Å². The Kier molecular flexibility index (Phi) is 5.25. The van der Waals surface area contributed by atoms with Gasteiger partial charge in [-0.25, -0.2) is 9.37 Å². The van der Waals surface area contributed by atoms with Crippen LogP contribution in [0.2, 0.25) is 0 Å². The molecule has 0 aliphatic heterocycles. The van der Waals surface area contributed by atoms with Gasteiger partial charge in [0.15, 0.2) is 0 Å². The molecule has 0 aliphatic carbocycles. The molecule has 7 heteroatoms. The van der Waals surface area contributed by atoms with Crippen molar-refractivity contribution in [1.82, 2.24) is 19.8 Å². The lowest BCUT2D eigenvalue weighted by Gasteiger charge is -2.23. The fourth-order valence-electron chi connectivity index (χ4n) is 2.57. The van der Waals surface area contributed by atoms with Gasteiger partial charge in [-0.2, -0.15) is 0 Å². The zero-order valence-corrected chi connectivity index (χ0v) is 14.8. The molecule has 0 radical (unpaired) electrons. The molecular formula is C18H19FN4OS. The Bertz CT molecular complexity index is 827.